The number of nitrogens with one attached hydrogen (secondary N) is 1. The van der Waals surface area contributed by atoms with E-state index >= 15 is 0 Å². The highest BCUT2D eigenvalue weighted by molar-refractivity contribution is 5.64. The predicted octanol–water partition coefficient (Wildman–Crippen LogP) is 2.07. The number of nitrogen functional groups attached to an aromatic ring is 1. The van der Waals surface area contributed by atoms with Crippen LogP contribution in [0.1, 0.15) is 26.3 Å². The second-order valence-electron chi connectivity index (χ2n) is 4.77. The Labute approximate surface area is 102 Å². The molecular formula is C10H14F3N5. The van der Waals surface area contributed by atoms with Crippen LogP contribution < -0.4 is 11.1 Å². The van der Waals surface area contributed by atoms with Gasteiger partial charge in [-0.15, -0.1) is 0 Å². The van der Waals surface area contributed by atoms with Crippen molar-refractivity contribution in [1.82, 2.24) is 9.78 Å². The maximum absolute atomic E-state index is 12.1. The average molecular weight is 261 g/mol. The topological polar surface area (TPSA) is 79.7 Å². The van der Waals surface area contributed by atoms with Crippen LogP contribution in [0.4, 0.5) is 24.8 Å². The van der Waals surface area contributed by atoms with Gasteiger partial charge in [0.05, 0.1) is 5.54 Å². The van der Waals surface area contributed by atoms with Gasteiger partial charge in [-0.1, -0.05) is 0 Å². The van der Waals surface area contributed by atoms with Crippen molar-refractivity contribution in [3.05, 3.63) is 5.56 Å². The summed E-state index contributed by atoms with van der Waals surface area (Å²) >= 11 is 0. The fraction of sp³-hybridized carbons (Fsp3) is 0.600. The van der Waals surface area contributed by atoms with Crippen LogP contribution in [0.5, 0.6) is 0 Å². The zero-order valence-electron chi connectivity index (χ0n) is 10.3. The monoisotopic (exact) mass is 261 g/mol. The molecule has 0 aliphatic carbocycles. The van der Waals surface area contributed by atoms with Gasteiger partial charge in [0, 0.05) is 0 Å². The van der Waals surface area contributed by atoms with Crippen molar-refractivity contribution >= 4 is 11.6 Å². The van der Waals surface area contributed by atoms with E-state index in [1.165, 1.54) is 4.68 Å². The Hall–Kier alpha value is -1.91. The fourth-order valence-electron chi connectivity index (χ4n) is 1.36. The lowest BCUT2D eigenvalue weighted by atomic mass is 10.1. The minimum absolute atomic E-state index is 0.0506. The molecule has 1 aromatic rings. The van der Waals surface area contributed by atoms with Crippen molar-refractivity contribution in [3.8, 4) is 6.07 Å². The summed E-state index contributed by atoms with van der Waals surface area (Å²) in [5.74, 6) is -0.100. The molecule has 100 valence electrons. The molecule has 0 aliphatic rings. The van der Waals surface area contributed by atoms with E-state index in [-0.39, 0.29) is 17.2 Å². The summed E-state index contributed by atoms with van der Waals surface area (Å²) in [6, 6.07) is 1.75. The van der Waals surface area contributed by atoms with E-state index in [4.69, 9.17) is 11.0 Å². The van der Waals surface area contributed by atoms with E-state index in [0.29, 0.717) is 0 Å². The van der Waals surface area contributed by atoms with Crippen molar-refractivity contribution < 1.29 is 13.2 Å². The van der Waals surface area contributed by atoms with Gasteiger partial charge in [0.25, 0.3) is 0 Å². The third-order valence-electron chi connectivity index (χ3n) is 2.12. The predicted molar refractivity (Wildman–Crippen MR) is 60.9 cm³/mol. The quantitative estimate of drug-likeness (QED) is 0.854. The molecule has 1 heterocycles. The van der Waals surface area contributed by atoms with Gasteiger partial charge in [0.1, 0.15) is 24.0 Å². The molecule has 0 bridgehead atoms. The molecule has 0 unspecified atom stereocenters. The molecule has 5 nitrogen and oxygen atoms in total. The molecule has 0 aliphatic heterocycles. The Morgan fingerprint density at radius 1 is 1.39 bits per heavy atom. The van der Waals surface area contributed by atoms with Gasteiger partial charge in [-0.3, -0.25) is 0 Å². The van der Waals surface area contributed by atoms with Crippen LogP contribution in [0.25, 0.3) is 0 Å². The molecule has 0 aromatic carbocycles. The first-order valence-corrected chi connectivity index (χ1v) is 5.16. The van der Waals surface area contributed by atoms with Gasteiger partial charge in [-0.25, -0.2) is 4.68 Å². The van der Waals surface area contributed by atoms with Crippen molar-refractivity contribution in [2.24, 2.45) is 0 Å². The van der Waals surface area contributed by atoms with Crippen LogP contribution in [0.15, 0.2) is 0 Å². The molecule has 0 amide bonds. The Bertz CT molecular complexity index is 475. The molecule has 0 saturated carbocycles. The van der Waals surface area contributed by atoms with Crippen LogP contribution >= 0.6 is 0 Å². The van der Waals surface area contributed by atoms with Gasteiger partial charge < -0.3 is 11.1 Å². The molecule has 3 N–H and O–H groups in total. The number of nitriles is 1. The van der Waals surface area contributed by atoms with E-state index in [2.05, 4.69) is 10.4 Å². The highest BCUT2D eigenvalue weighted by atomic mass is 19.4. The van der Waals surface area contributed by atoms with Gasteiger partial charge >= 0.3 is 6.18 Å². The normalized spacial score (nSPS) is 12.3. The Morgan fingerprint density at radius 2 is 1.94 bits per heavy atom. The van der Waals surface area contributed by atoms with Crippen molar-refractivity contribution in [3.63, 3.8) is 0 Å². The van der Waals surface area contributed by atoms with Crippen LogP contribution in [0.3, 0.4) is 0 Å². The first-order valence-electron chi connectivity index (χ1n) is 5.16. The van der Waals surface area contributed by atoms with Crippen LogP contribution in [-0.2, 0) is 5.54 Å². The summed E-state index contributed by atoms with van der Waals surface area (Å²) in [5.41, 5.74) is 5.10. The molecule has 0 saturated heterocycles. The number of halogens is 3. The second kappa shape index (κ2) is 4.40. The number of alkyl halides is 3. The number of nitrogens with two attached hydrogens (primary N) is 1. The second-order valence-corrected chi connectivity index (χ2v) is 4.77. The largest absolute Gasteiger partial charge is 0.405 e. The third kappa shape index (κ3) is 3.06. The van der Waals surface area contributed by atoms with Crippen molar-refractivity contribution in [2.45, 2.75) is 32.5 Å². The maximum Gasteiger partial charge on any atom is 0.405 e. The summed E-state index contributed by atoms with van der Waals surface area (Å²) < 4.78 is 37.6. The van der Waals surface area contributed by atoms with E-state index < -0.39 is 18.3 Å². The number of nitrogens with zero attached hydrogens (tertiary/aromatic N) is 3. The summed E-state index contributed by atoms with van der Waals surface area (Å²) in [4.78, 5) is 0. The molecule has 0 fully saturated rings. The summed E-state index contributed by atoms with van der Waals surface area (Å²) in [6.07, 6.45) is -4.38. The van der Waals surface area contributed by atoms with Gasteiger partial charge in [0.15, 0.2) is 5.82 Å². The highest BCUT2D eigenvalue weighted by Crippen LogP contribution is 2.27. The Morgan fingerprint density at radius 3 is 2.33 bits per heavy atom. The number of rotatable bonds is 2. The Kier molecular flexibility index (Phi) is 3.46. The zero-order chi connectivity index (χ0) is 14.1. The molecule has 8 heteroatoms. The Balaban J connectivity index is 3.11. The molecule has 0 spiro atoms. The molecule has 0 radical (unpaired) electrons. The minimum atomic E-state index is -4.38. The lowest BCUT2D eigenvalue weighted by Gasteiger charge is -2.20. The van der Waals surface area contributed by atoms with E-state index in [0.717, 1.165) is 0 Å². The lowest BCUT2D eigenvalue weighted by molar-refractivity contribution is -0.115. The fourth-order valence-corrected chi connectivity index (χ4v) is 1.36. The van der Waals surface area contributed by atoms with E-state index in [1.54, 1.807) is 26.8 Å². The van der Waals surface area contributed by atoms with Crippen LogP contribution in [0, 0.1) is 11.3 Å². The summed E-state index contributed by atoms with van der Waals surface area (Å²) in [6.45, 7) is 4.09. The molecule has 18 heavy (non-hydrogen) atoms. The number of hydrogen-bond donors (Lipinski definition) is 2. The number of hydrogen-bond acceptors (Lipinski definition) is 4. The molecule has 0 atom stereocenters. The van der Waals surface area contributed by atoms with Crippen molar-refractivity contribution in [1.29, 1.82) is 5.26 Å². The maximum atomic E-state index is 12.1. The standard InChI is InChI=1S/C10H14F3N5/c1-9(2,3)18-7(15)6(4-14)8(17-18)16-5-10(11,12)13/h5,15H2,1-3H3,(H,16,17). The summed E-state index contributed by atoms with van der Waals surface area (Å²) in [5, 5.41) is 14.9. The SMILES string of the molecule is CC(C)(C)n1nc(NCC(F)(F)F)c(C#N)c1N. The zero-order valence-corrected chi connectivity index (χ0v) is 10.3. The highest BCUT2D eigenvalue weighted by Gasteiger charge is 2.29. The van der Waals surface area contributed by atoms with E-state index in [9.17, 15) is 13.2 Å². The lowest BCUT2D eigenvalue weighted by Crippen LogP contribution is -2.25. The summed E-state index contributed by atoms with van der Waals surface area (Å²) in [7, 11) is 0. The first-order chi connectivity index (χ1) is 8.06. The number of anilines is 2. The molecule has 1 rings (SSSR count). The number of aromatic nitrogens is 2. The van der Waals surface area contributed by atoms with Gasteiger partial charge in [-0.05, 0) is 20.8 Å². The van der Waals surface area contributed by atoms with Crippen LogP contribution in [-0.4, -0.2) is 22.5 Å². The molecule has 1 aromatic heterocycles. The minimum Gasteiger partial charge on any atom is -0.383 e. The molecular weight excluding hydrogens is 247 g/mol. The first kappa shape index (κ1) is 14.2. The van der Waals surface area contributed by atoms with Gasteiger partial charge in [-0.2, -0.15) is 23.5 Å². The average Bonchev–Trinajstić information content (AvgIpc) is 2.50. The van der Waals surface area contributed by atoms with Crippen LogP contribution in [0.2, 0.25) is 0 Å². The van der Waals surface area contributed by atoms with Gasteiger partial charge in [0.2, 0.25) is 0 Å². The smallest absolute Gasteiger partial charge is 0.383 e. The van der Waals surface area contributed by atoms with E-state index in [1.807, 2.05) is 0 Å². The van der Waals surface area contributed by atoms with Crippen molar-refractivity contribution in [2.75, 3.05) is 17.6 Å². The third-order valence-corrected chi connectivity index (χ3v) is 2.12.